The van der Waals surface area contributed by atoms with E-state index in [4.69, 9.17) is 10.2 Å². The highest BCUT2D eigenvalue weighted by molar-refractivity contribution is 7.92. The lowest BCUT2D eigenvalue weighted by Crippen LogP contribution is -2.34. The number of nitrogens with one attached hydrogen (secondary N) is 1. The smallest absolute Gasteiger partial charge is 0.261 e. The van der Waals surface area contributed by atoms with E-state index < -0.39 is 10.0 Å². The third-order valence-electron chi connectivity index (χ3n) is 7.02. The van der Waals surface area contributed by atoms with Crippen LogP contribution in [0.3, 0.4) is 0 Å². The van der Waals surface area contributed by atoms with Crippen LogP contribution in [-0.2, 0) is 17.1 Å². The third-order valence-corrected chi connectivity index (χ3v) is 8.40. The number of piperidine rings is 1. The van der Waals surface area contributed by atoms with Crippen LogP contribution in [0.25, 0.3) is 10.9 Å². The van der Waals surface area contributed by atoms with E-state index in [9.17, 15) is 8.42 Å². The average Bonchev–Trinajstić information content (AvgIpc) is 3.24. The maximum absolute atomic E-state index is 13.0. The molecule has 4 aromatic rings. The van der Waals surface area contributed by atoms with E-state index in [0.717, 1.165) is 48.5 Å². The van der Waals surface area contributed by atoms with Crippen molar-refractivity contribution in [1.29, 1.82) is 5.26 Å². The standard InChI is InChI=1S/C28H30N6O2S/c1-19(2)26-9-12-30-28(31-26)34-13-10-21(11-14-34)25-18-33(3)27-8-7-22(16-24(25)27)32-37(35,36)23-6-4-5-20(15-23)17-29/h4-9,12,15-16,18-19,21,32H,10-11,13-14H2,1-3H3. The van der Waals surface area contributed by atoms with E-state index in [1.165, 1.54) is 17.7 Å². The van der Waals surface area contributed by atoms with Crippen molar-refractivity contribution in [1.82, 2.24) is 14.5 Å². The molecule has 9 heteroatoms. The second-order valence-electron chi connectivity index (χ2n) is 9.87. The Morgan fingerprint density at radius 2 is 1.89 bits per heavy atom. The van der Waals surface area contributed by atoms with Gasteiger partial charge in [0.05, 0.1) is 16.5 Å². The Bertz CT molecular complexity index is 1590. The summed E-state index contributed by atoms with van der Waals surface area (Å²) in [4.78, 5) is 11.6. The number of aromatic nitrogens is 3. The molecule has 37 heavy (non-hydrogen) atoms. The normalized spacial score (nSPS) is 14.7. The van der Waals surface area contributed by atoms with Crippen molar-refractivity contribution in [2.45, 2.75) is 43.4 Å². The van der Waals surface area contributed by atoms with Gasteiger partial charge in [-0.25, -0.2) is 18.4 Å². The van der Waals surface area contributed by atoms with Crippen LogP contribution in [0.5, 0.6) is 0 Å². The van der Waals surface area contributed by atoms with Crippen LogP contribution in [0.15, 0.2) is 65.8 Å². The van der Waals surface area contributed by atoms with E-state index in [-0.39, 0.29) is 4.90 Å². The van der Waals surface area contributed by atoms with Crippen molar-refractivity contribution in [2.24, 2.45) is 7.05 Å². The highest BCUT2D eigenvalue weighted by Gasteiger charge is 2.25. The predicted molar refractivity (Wildman–Crippen MR) is 145 cm³/mol. The van der Waals surface area contributed by atoms with Crippen LogP contribution < -0.4 is 9.62 Å². The van der Waals surface area contributed by atoms with Gasteiger partial charge < -0.3 is 9.47 Å². The number of nitrogens with zero attached hydrogens (tertiary/aromatic N) is 5. The molecule has 190 valence electrons. The first-order valence-corrected chi connectivity index (χ1v) is 13.9. The summed E-state index contributed by atoms with van der Waals surface area (Å²) in [5.41, 5.74) is 4.13. The minimum absolute atomic E-state index is 0.0658. The molecule has 2 aromatic heterocycles. The quantitative estimate of drug-likeness (QED) is 0.382. The van der Waals surface area contributed by atoms with E-state index in [2.05, 4.69) is 39.2 Å². The molecular weight excluding hydrogens is 484 g/mol. The molecule has 8 nitrogen and oxygen atoms in total. The van der Waals surface area contributed by atoms with E-state index >= 15 is 0 Å². The average molecular weight is 515 g/mol. The zero-order valence-electron chi connectivity index (χ0n) is 21.2. The maximum atomic E-state index is 13.0. The molecule has 0 amide bonds. The third kappa shape index (κ3) is 5.02. The van der Waals surface area contributed by atoms with Gasteiger partial charge in [0.1, 0.15) is 0 Å². The first-order valence-electron chi connectivity index (χ1n) is 12.4. The predicted octanol–water partition coefficient (Wildman–Crippen LogP) is 5.15. The molecule has 0 saturated carbocycles. The van der Waals surface area contributed by atoms with Crippen molar-refractivity contribution < 1.29 is 8.42 Å². The Kier molecular flexibility index (Phi) is 6.61. The molecule has 3 heterocycles. The first kappa shape index (κ1) is 24.8. The van der Waals surface area contributed by atoms with Crippen molar-refractivity contribution in [3.63, 3.8) is 0 Å². The Morgan fingerprint density at radius 1 is 1.11 bits per heavy atom. The minimum atomic E-state index is -3.82. The van der Waals surface area contributed by atoms with Gasteiger partial charge in [0.15, 0.2) is 0 Å². The molecule has 0 atom stereocenters. The van der Waals surface area contributed by atoms with Crippen LogP contribution in [0.2, 0.25) is 0 Å². The van der Waals surface area contributed by atoms with Crippen LogP contribution in [0.1, 0.15) is 55.3 Å². The van der Waals surface area contributed by atoms with E-state index in [0.29, 0.717) is 23.1 Å². The molecule has 1 N–H and O–H groups in total. The number of sulfonamides is 1. The lowest BCUT2D eigenvalue weighted by atomic mass is 9.89. The Balaban J connectivity index is 1.37. The first-order chi connectivity index (χ1) is 17.7. The highest BCUT2D eigenvalue weighted by atomic mass is 32.2. The summed E-state index contributed by atoms with van der Waals surface area (Å²) < 4.78 is 30.8. The molecule has 1 aliphatic rings. The van der Waals surface area contributed by atoms with Crippen LogP contribution in [0.4, 0.5) is 11.6 Å². The van der Waals surface area contributed by atoms with Crippen molar-refractivity contribution in [2.75, 3.05) is 22.7 Å². The van der Waals surface area contributed by atoms with Gasteiger partial charge in [-0.3, -0.25) is 4.72 Å². The van der Waals surface area contributed by atoms with Gasteiger partial charge in [0, 0.05) is 54.8 Å². The Hall–Kier alpha value is -3.90. The number of nitriles is 1. The zero-order chi connectivity index (χ0) is 26.2. The number of benzene rings is 2. The van der Waals surface area contributed by atoms with Gasteiger partial charge in [-0.2, -0.15) is 5.26 Å². The number of fused-ring (bicyclic) bond motifs is 1. The fourth-order valence-corrected chi connectivity index (χ4v) is 6.08. The molecule has 5 rings (SSSR count). The largest absolute Gasteiger partial charge is 0.350 e. The van der Waals surface area contributed by atoms with Crippen molar-refractivity contribution >= 4 is 32.6 Å². The van der Waals surface area contributed by atoms with Gasteiger partial charge >= 0.3 is 0 Å². The summed E-state index contributed by atoms with van der Waals surface area (Å²) >= 11 is 0. The summed E-state index contributed by atoms with van der Waals surface area (Å²) in [6.07, 6.45) is 5.93. The van der Waals surface area contributed by atoms with Gasteiger partial charge in [-0.1, -0.05) is 19.9 Å². The van der Waals surface area contributed by atoms with E-state index in [1.807, 2.05) is 37.5 Å². The SMILES string of the molecule is CC(C)c1ccnc(N2CCC(c3cn(C)c4ccc(NS(=O)(=O)c5cccc(C#N)c5)cc34)CC2)n1. The lowest BCUT2D eigenvalue weighted by molar-refractivity contribution is 0.500. The van der Waals surface area contributed by atoms with Gasteiger partial charge in [-0.15, -0.1) is 0 Å². The highest BCUT2D eigenvalue weighted by Crippen LogP contribution is 2.36. The fourth-order valence-electron chi connectivity index (χ4n) is 4.98. The monoisotopic (exact) mass is 514 g/mol. The number of hydrogen-bond acceptors (Lipinski definition) is 6. The number of rotatable bonds is 6. The molecule has 0 radical (unpaired) electrons. The van der Waals surface area contributed by atoms with Gasteiger partial charge in [0.25, 0.3) is 10.0 Å². The summed E-state index contributed by atoms with van der Waals surface area (Å²) in [5, 5.41) is 10.2. The summed E-state index contributed by atoms with van der Waals surface area (Å²) in [7, 11) is -1.80. The van der Waals surface area contributed by atoms with Crippen LogP contribution in [-0.4, -0.2) is 36.0 Å². The van der Waals surface area contributed by atoms with Crippen LogP contribution in [0, 0.1) is 11.3 Å². The molecule has 0 spiro atoms. The Labute approximate surface area is 217 Å². The number of hydrogen-bond donors (Lipinski definition) is 1. The molecule has 2 aromatic carbocycles. The summed E-state index contributed by atoms with van der Waals surface area (Å²) in [6, 6.07) is 15.6. The van der Waals surface area contributed by atoms with Gasteiger partial charge in [-0.05, 0) is 72.7 Å². The van der Waals surface area contributed by atoms with Crippen molar-refractivity contribution in [3.05, 3.63) is 77.7 Å². The van der Waals surface area contributed by atoms with Crippen LogP contribution >= 0.6 is 0 Å². The molecule has 0 bridgehead atoms. The second kappa shape index (κ2) is 9.87. The number of aryl methyl sites for hydroxylation is 1. The number of anilines is 2. The minimum Gasteiger partial charge on any atom is -0.350 e. The molecule has 1 aliphatic heterocycles. The van der Waals surface area contributed by atoms with E-state index in [1.54, 1.807) is 18.2 Å². The molecule has 1 saturated heterocycles. The zero-order valence-corrected chi connectivity index (χ0v) is 22.0. The topological polar surface area (TPSA) is 104 Å². The second-order valence-corrected chi connectivity index (χ2v) is 11.6. The summed E-state index contributed by atoms with van der Waals surface area (Å²) in [6.45, 7) is 6.00. The van der Waals surface area contributed by atoms with Crippen molar-refractivity contribution in [3.8, 4) is 6.07 Å². The molecular formula is C28H30N6O2S. The van der Waals surface area contributed by atoms with Gasteiger partial charge in [0.2, 0.25) is 5.95 Å². The molecule has 0 unspecified atom stereocenters. The lowest BCUT2D eigenvalue weighted by Gasteiger charge is -2.32. The Morgan fingerprint density at radius 3 is 2.62 bits per heavy atom. The molecule has 0 aliphatic carbocycles. The maximum Gasteiger partial charge on any atom is 0.261 e. The summed E-state index contributed by atoms with van der Waals surface area (Å²) in [5.74, 6) is 1.50. The fraction of sp³-hybridized carbons (Fsp3) is 0.321. The molecule has 1 fully saturated rings.